The first-order valence-corrected chi connectivity index (χ1v) is 9.97. The van der Waals surface area contributed by atoms with Crippen molar-refractivity contribution >= 4 is 0 Å². The molecule has 1 aromatic heterocycles. The SMILES string of the molecule is CN(Cc1cc2n(n1)CCCNC2)C[C@@H]1CCN(Cc2ccccc2)C1. The second-order valence-corrected chi connectivity index (χ2v) is 7.95. The fraction of sp³-hybridized carbons (Fsp3) is 0.571. The number of hydrogen-bond acceptors (Lipinski definition) is 4. The highest BCUT2D eigenvalue weighted by Crippen LogP contribution is 2.20. The van der Waals surface area contributed by atoms with Crippen LogP contribution in [0.1, 0.15) is 29.8 Å². The first-order chi connectivity index (χ1) is 12.8. The normalized spacial score (nSPS) is 21.1. The third-order valence-corrected chi connectivity index (χ3v) is 5.56. The summed E-state index contributed by atoms with van der Waals surface area (Å²) in [6.45, 7) is 8.72. The van der Waals surface area contributed by atoms with Crippen molar-refractivity contribution in [2.75, 3.05) is 33.2 Å². The molecule has 0 spiro atoms. The fourth-order valence-corrected chi connectivity index (χ4v) is 4.33. The van der Waals surface area contributed by atoms with Crippen LogP contribution in [0.25, 0.3) is 0 Å². The standard InChI is InChI=1S/C21H31N5/c1-24(17-20-12-21-13-22-9-5-10-26(21)23-20)14-19-8-11-25(16-19)15-18-6-3-2-4-7-18/h2-4,6-7,12,19,22H,5,8-11,13-17H2,1H3/t19-/m0/s1. The lowest BCUT2D eigenvalue weighted by Crippen LogP contribution is -2.28. The molecule has 1 aromatic carbocycles. The Bertz CT molecular complexity index is 672. The minimum atomic E-state index is 0.769. The Balaban J connectivity index is 1.25. The number of hydrogen-bond donors (Lipinski definition) is 1. The van der Waals surface area contributed by atoms with Gasteiger partial charge in [-0.25, -0.2) is 0 Å². The molecule has 0 amide bonds. The van der Waals surface area contributed by atoms with Crippen LogP contribution >= 0.6 is 0 Å². The van der Waals surface area contributed by atoms with E-state index in [1.54, 1.807) is 0 Å². The number of likely N-dealkylation sites (tertiary alicyclic amines) is 1. The molecule has 5 nitrogen and oxygen atoms in total. The summed E-state index contributed by atoms with van der Waals surface area (Å²) in [6.07, 6.45) is 2.48. The van der Waals surface area contributed by atoms with Gasteiger partial charge in [0.2, 0.25) is 0 Å². The van der Waals surface area contributed by atoms with E-state index in [0.29, 0.717) is 0 Å². The number of fused-ring (bicyclic) bond motifs is 1. The predicted molar refractivity (Wildman–Crippen MR) is 105 cm³/mol. The van der Waals surface area contributed by atoms with Crippen LogP contribution < -0.4 is 5.32 Å². The van der Waals surface area contributed by atoms with Crippen molar-refractivity contribution in [3.8, 4) is 0 Å². The van der Waals surface area contributed by atoms with Crippen LogP contribution in [0.4, 0.5) is 0 Å². The van der Waals surface area contributed by atoms with E-state index in [1.807, 2.05) is 0 Å². The van der Waals surface area contributed by atoms with E-state index in [0.717, 1.165) is 45.2 Å². The van der Waals surface area contributed by atoms with Gasteiger partial charge < -0.3 is 10.2 Å². The van der Waals surface area contributed by atoms with Gasteiger partial charge in [-0.15, -0.1) is 0 Å². The summed E-state index contributed by atoms with van der Waals surface area (Å²) in [6, 6.07) is 13.1. The number of benzene rings is 1. The Labute approximate surface area is 157 Å². The van der Waals surface area contributed by atoms with Crippen LogP contribution in [0.5, 0.6) is 0 Å². The van der Waals surface area contributed by atoms with Crippen molar-refractivity contribution in [1.82, 2.24) is 24.9 Å². The smallest absolute Gasteiger partial charge is 0.0768 e. The van der Waals surface area contributed by atoms with Gasteiger partial charge in [0, 0.05) is 39.3 Å². The zero-order valence-corrected chi connectivity index (χ0v) is 15.9. The predicted octanol–water partition coefficient (Wildman–Crippen LogP) is 2.33. The molecule has 1 saturated heterocycles. The molecule has 1 fully saturated rings. The first kappa shape index (κ1) is 17.7. The number of aromatic nitrogens is 2. The lowest BCUT2D eigenvalue weighted by molar-refractivity contribution is 0.252. The summed E-state index contributed by atoms with van der Waals surface area (Å²) in [7, 11) is 2.24. The summed E-state index contributed by atoms with van der Waals surface area (Å²) in [5.74, 6) is 0.769. The van der Waals surface area contributed by atoms with Crippen molar-refractivity contribution < 1.29 is 0 Å². The molecule has 0 bridgehead atoms. The van der Waals surface area contributed by atoms with Crippen LogP contribution in [-0.2, 0) is 26.2 Å². The molecule has 1 atom stereocenters. The van der Waals surface area contributed by atoms with E-state index in [-0.39, 0.29) is 0 Å². The van der Waals surface area contributed by atoms with E-state index < -0.39 is 0 Å². The van der Waals surface area contributed by atoms with E-state index in [4.69, 9.17) is 5.10 Å². The van der Waals surface area contributed by atoms with E-state index in [9.17, 15) is 0 Å². The molecule has 0 aliphatic carbocycles. The van der Waals surface area contributed by atoms with Gasteiger partial charge in [-0.05, 0) is 50.5 Å². The quantitative estimate of drug-likeness (QED) is 0.865. The molecule has 0 saturated carbocycles. The first-order valence-electron chi connectivity index (χ1n) is 9.97. The average molecular weight is 354 g/mol. The second kappa shape index (κ2) is 8.33. The molecular formula is C21H31N5. The zero-order valence-electron chi connectivity index (χ0n) is 15.9. The van der Waals surface area contributed by atoms with Gasteiger partial charge in [0.05, 0.1) is 11.4 Å². The summed E-state index contributed by atoms with van der Waals surface area (Å²) in [5, 5.41) is 8.29. The van der Waals surface area contributed by atoms with Crippen LogP contribution in [0.3, 0.4) is 0 Å². The summed E-state index contributed by atoms with van der Waals surface area (Å²) >= 11 is 0. The molecule has 140 valence electrons. The maximum absolute atomic E-state index is 4.82. The van der Waals surface area contributed by atoms with Crippen molar-refractivity contribution in [1.29, 1.82) is 0 Å². The Hall–Kier alpha value is -1.69. The molecule has 0 radical (unpaired) electrons. The molecule has 26 heavy (non-hydrogen) atoms. The van der Waals surface area contributed by atoms with Crippen molar-refractivity contribution in [3.05, 3.63) is 53.3 Å². The minimum absolute atomic E-state index is 0.769. The van der Waals surface area contributed by atoms with Gasteiger partial charge in [0.15, 0.2) is 0 Å². The third kappa shape index (κ3) is 4.53. The molecule has 3 heterocycles. The highest BCUT2D eigenvalue weighted by molar-refractivity contribution is 5.14. The van der Waals surface area contributed by atoms with Crippen LogP contribution in [0, 0.1) is 5.92 Å². The van der Waals surface area contributed by atoms with Gasteiger partial charge >= 0.3 is 0 Å². The minimum Gasteiger partial charge on any atom is -0.311 e. The van der Waals surface area contributed by atoms with Crippen molar-refractivity contribution in [2.24, 2.45) is 5.92 Å². The fourth-order valence-electron chi connectivity index (χ4n) is 4.33. The van der Waals surface area contributed by atoms with Crippen LogP contribution in [0.2, 0.25) is 0 Å². The monoisotopic (exact) mass is 353 g/mol. The Morgan fingerprint density at radius 2 is 2.12 bits per heavy atom. The van der Waals surface area contributed by atoms with Gasteiger partial charge in [-0.1, -0.05) is 30.3 Å². The van der Waals surface area contributed by atoms with E-state index in [1.165, 1.54) is 42.9 Å². The molecule has 4 rings (SSSR count). The number of aryl methyl sites for hydroxylation is 1. The molecule has 1 N–H and O–H groups in total. The highest BCUT2D eigenvalue weighted by Gasteiger charge is 2.24. The zero-order chi connectivity index (χ0) is 17.8. The Kier molecular flexibility index (Phi) is 5.68. The average Bonchev–Trinajstić information content (AvgIpc) is 3.16. The molecule has 2 aromatic rings. The summed E-state index contributed by atoms with van der Waals surface area (Å²) in [4.78, 5) is 5.05. The molecule has 5 heteroatoms. The van der Waals surface area contributed by atoms with Gasteiger partial charge in [0.25, 0.3) is 0 Å². The second-order valence-electron chi connectivity index (χ2n) is 7.95. The topological polar surface area (TPSA) is 36.3 Å². The number of nitrogens with zero attached hydrogens (tertiary/aromatic N) is 4. The Morgan fingerprint density at radius 3 is 3.00 bits per heavy atom. The molecule has 2 aliphatic rings. The van der Waals surface area contributed by atoms with Gasteiger partial charge in [-0.2, -0.15) is 5.10 Å². The Morgan fingerprint density at radius 1 is 1.23 bits per heavy atom. The van der Waals surface area contributed by atoms with Crippen molar-refractivity contribution in [2.45, 2.75) is 39.0 Å². The number of nitrogens with one attached hydrogen (secondary N) is 1. The summed E-state index contributed by atoms with van der Waals surface area (Å²) in [5.41, 5.74) is 3.97. The molecule has 0 unspecified atom stereocenters. The maximum atomic E-state index is 4.82. The molecular weight excluding hydrogens is 322 g/mol. The largest absolute Gasteiger partial charge is 0.311 e. The lowest BCUT2D eigenvalue weighted by Gasteiger charge is -2.21. The van der Waals surface area contributed by atoms with Crippen molar-refractivity contribution in [3.63, 3.8) is 0 Å². The van der Waals surface area contributed by atoms with Crippen LogP contribution in [0.15, 0.2) is 36.4 Å². The van der Waals surface area contributed by atoms with E-state index >= 15 is 0 Å². The number of rotatable bonds is 6. The molecule has 2 aliphatic heterocycles. The van der Waals surface area contributed by atoms with E-state index in [2.05, 4.69) is 63.2 Å². The third-order valence-electron chi connectivity index (χ3n) is 5.56. The van der Waals surface area contributed by atoms with Crippen LogP contribution in [-0.4, -0.2) is 52.8 Å². The maximum Gasteiger partial charge on any atom is 0.0768 e. The lowest BCUT2D eigenvalue weighted by atomic mass is 10.1. The van der Waals surface area contributed by atoms with Gasteiger partial charge in [-0.3, -0.25) is 9.58 Å². The summed E-state index contributed by atoms with van der Waals surface area (Å²) < 4.78 is 2.19. The van der Waals surface area contributed by atoms with Gasteiger partial charge in [0.1, 0.15) is 0 Å². The highest BCUT2D eigenvalue weighted by atomic mass is 15.3.